The molecule has 1 rings (SSSR count). The number of amides is 2. The zero-order valence-electron chi connectivity index (χ0n) is 11.5. The van der Waals surface area contributed by atoms with Gasteiger partial charge < -0.3 is 10.2 Å². The number of nitrogens with zero attached hydrogens (tertiary/aromatic N) is 1. The highest BCUT2D eigenvalue weighted by molar-refractivity contribution is 5.89. The van der Waals surface area contributed by atoms with Crippen LogP contribution in [0.2, 0.25) is 0 Å². The molecule has 0 spiro atoms. The monoisotopic (exact) mass is 240 g/mol. The van der Waals surface area contributed by atoms with Crippen LogP contribution in [0.15, 0.2) is 0 Å². The van der Waals surface area contributed by atoms with E-state index in [-0.39, 0.29) is 23.3 Å². The molecule has 4 nitrogen and oxygen atoms in total. The third-order valence-electron chi connectivity index (χ3n) is 2.67. The molecule has 0 bridgehead atoms. The summed E-state index contributed by atoms with van der Waals surface area (Å²) in [6, 6.07) is 0. The Balaban J connectivity index is 2.54. The summed E-state index contributed by atoms with van der Waals surface area (Å²) in [5.74, 6) is 0.369. The average Bonchev–Trinajstić information content (AvgIpc) is 2.44. The Morgan fingerprint density at radius 1 is 1.47 bits per heavy atom. The van der Waals surface area contributed by atoms with Crippen LogP contribution in [0, 0.1) is 11.8 Å². The van der Waals surface area contributed by atoms with E-state index in [0.29, 0.717) is 18.9 Å². The molecule has 1 heterocycles. The van der Waals surface area contributed by atoms with Crippen molar-refractivity contribution in [3.8, 4) is 0 Å². The largest absolute Gasteiger partial charge is 0.351 e. The summed E-state index contributed by atoms with van der Waals surface area (Å²) in [6.07, 6.45) is 0.356. The van der Waals surface area contributed by atoms with Gasteiger partial charge in [0.05, 0.1) is 5.92 Å². The van der Waals surface area contributed by atoms with Crippen molar-refractivity contribution in [3.05, 3.63) is 0 Å². The van der Waals surface area contributed by atoms with E-state index >= 15 is 0 Å². The van der Waals surface area contributed by atoms with Crippen LogP contribution in [-0.2, 0) is 9.59 Å². The molecule has 2 amide bonds. The maximum atomic E-state index is 11.9. The third kappa shape index (κ3) is 4.36. The summed E-state index contributed by atoms with van der Waals surface area (Å²) in [6.45, 7) is 11.3. The molecule has 4 heteroatoms. The fraction of sp³-hybridized carbons (Fsp3) is 0.846. The summed E-state index contributed by atoms with van der Waals surface area (Å²) in [5.41, 5.74) is -0.231. The standard InChI is InChI=1S/C13H24N2O2/c1-9(2)7-15-8-10(6-11(15)16)12(17)14-13(3,4)5/h9-10H,6-8H2,1-5H3,(H,14,17)/t10-/m0/s1. The van der Waals surface area contributed by atoms with Gasteiger partial charge in [-0.25, -0.2) is 0 Å². The molecule has 0 aliphatic carbocycles. The normalized spacial score (nSPS) is 21.2. The molecular weight excluding hydrogens is 216 g/mol. The molecule has 1 N–H and O–H groups in total. The molecule has 17 heavy (non-hydrogen) atoms. The van der Waals surface area contributed by atoms with Gasteiger partial charge in [-0.3, -0.25) is 9.59 Å². The van der Waals surface area contributed by atoms with E-state index < -0.39 is 0 Å². The second-order valence-corrected chi connectivity index (χ2v) is 6.33. The van der Waals surface area contributed by atoms with Crippen molar-refractivity contribution in [1.82, 2.24) is 10.2 Å². The molecule has 1 saturated heterocycles. The minimum Gasteiger partial charge on any atom is -0.351 e. The maximum absolute atomic E-state index is 11.9. The van der Waals surface area contributed by atoms with E-state index in [1.807, 2.05) is 20.8 Å². The van der Waals surface area contributed by atoms with Gasteiger partial charge >= 0.3 is 0 Å². The lowest BCUT2D eigenvalue weighted by atomic mass is 10.0. The molecule has 1 aliphatic rings. The van der Waals surface area contributed by atoms with Gasteiger partial charge in [0.2, 0.25) is 11.8 Å². The van der Waals surface area contributed by atoms with E-state index in [9.17, 15) is 9.59 Å². The average molecular weight is 240 g/mol. The van der Waals surface area contributed by atoms with Gasteiger partial charge in [0.25, 0.3) is 0 Å². The van der Waals surface area contributed by atoms with Crippen molar-refractivity contribution >= 4 is 11.8 Å². The Labute approximate surface area is 104 Å². The molecule has 1 aliphatic heterocycles. The predicted octanol–water partition coefficient (Wildman–Crippen LogP) is 1.41. The molecule has 0 radical (unpaired) electrons. The van der Waals surface area contributed by atoms with Gasteiger partial charge in [-0.15, -0.1) is 0 Å². The van der Waals surface area contributed by atoms with E-state index in [1.54, 1.807) is 4.90 Å². The summed E-state index contributed by atoms with van der Waals surface area (Å²) in [7, 11) is 0. The van der Waals surface area contributed by atoms with Gasteiger partial charge in [-0.05, 0) is 26.7 Å². The number of hydrogen-bond donors (Lipinski definition) is 1. The topological polar surface area (TPSA) is 49.4 Å². The van der Waals surface area contributed by atoms with Crippen LogP contribution in [0.5, 0.6) is 0 Å². The van der Waals surface area contributed by atoms with Crippen molar-refractivity contribution in [3.63, 3.8) is 0 Å². The van der Waals surface area contributed by atoms with Crippen molar-refractivity contribution < 1.29 is 9.59 Å². The van der Waals surface area contributed by atoms with Gasteiger partial charge in [-0.1, -0.05) is 13.8 Å². The molecule has 0 aromatic rings. The van der Waals surface area contributed by atoms with Crippen molar-refractivity contribution in [2.75, 3.05) is 13.1 Å². The first-order valence-electron chi connectivity index (χ1n) is 6.29. The van der Waals surface area contributed by atoms with Crippen LogP contribution in [0.25, 0.3) is 0 Å². The van der Waals surface area contributed by atoms with Crippen LogP contribution in [-0.4, -0.2) is 35.3 Å². The van der Waals surface area contributed by atoms with Gasteiger partial charge in [0.15, 0.2) is 0 Å². The molecular formula is C13H24N2O2. The second-order valence-electron chi connectivity index (χ2n) is 6.33. The number of carbonyl (C=O) groups excluding carboxylic acids is 2. The Bertz CT molecular complexity index is 305. The summed E-state index contributed by atoms with van der Waals surface area (Å²) >= 11 is 0. The Hall–Kier alpha value is -1.06. The lowest BCUT2D eigenvalue weighted by molar-refractivity contribution is -0.129. The van der Waals surface area contributed by atoms with Gasteiger partial charge in [0, 0.05) is 25.0 Å². The van der Waals surface area contributed by atoms with Gasteiger partial charge in [0.1, 0.15) is 0 Å². The molecule has 1 atom stereocenters. The second kappa shape index (κ2) is 5.07. The summed E-state index contributed by atoms with van der Waals surface area (Å²) in [5, 5.41) is 2.94. The lowest BCUT2D eigenvalue weighted by Gasteiger charge is -2.23. The number of likely N-dealkylation sites (tertiary alicyclic amines) is 1. The highest BCUT2D eigenvalue weighted by Crippen LogP contribution is 2.20. The van der Waals surface area contributed by atoms with Crippen molar-refractivity contribution in [2.45, 2.75) is 46.6 Å². The Kier molecular flexibility index (Phi) is 4.17. The first-order valence-corrected chi connectivity index (χ1v) is 6.29. The number of carbonyl (C=O) groups is 2. The smallest absolute Gasteiger partial charge is 0.225 e. The van der Waals surface area contributed by atoms with Crippen LogP contribution in [0.4, 0.5) is 0 Å². The van der Waals surface area contributed by atoms with Crippen LogP contribution >= 0.6 is 0 Å². The van der Waals surface area contributed by atoms with Crippen LogP contribution in [0.1, 0.15) is 41.0 Å². The van der Waals surface area contributed by atoms with E-state index in [4.69, 9.17) is 0 Å². The van der Waals surface area contributed by atoms with Crippen LogP contribution < -0.4 is 5.32 Å². The minimum absolute atomic E-state index is 0.00268. The molecule has 0 saturated carbocycles. The highest BCUT2D eigenvalue weighted by Gasteiger charge is 2.35. The quantitative estimate of drug-likeness (QED) is 0.810. The third-order valence-corrected chi connectivity index (χ3v) is 2.67. The zero-order valence-corrected chi connectivity index (χ0v) is 11.5. The number of nitrogens with one attached hydrogen (secondary N) is 1. The van der Waals surface area contributed by atoms with E-state index in [1.165, 1.54) is 0 Å². The molecule has 0 aromatic heterocycles. The fourth-order valence-electron chi connectivity index (χ4n) is 2.04. The van der Waals surface area contributed by atoms with E-state index in [2.05, 4.69) is 19.2 Å². The first-order chi connectivity index (χ1) is 7.69. The number of hydrogen-bond acceptors (Lipinski definition) is 2. The fourth-order valence-corrected chi connectivity index (χ4v) is 2.04. The zero-order chi connectivity index (χ0) is 13.2. The Morgan fingerprint density at radius 3 is 2.53 bits per heavy atom. The molecule has 0 aromatic carbocycles. The maximum Gasteiger partial charge on any atom is 0.225 e. The summed E-state index contributed by atoms with van der Waals surface area (Å²) in [4.78, 5) is 25.5. The molecule has 1 fully saturated rings. The molecule has 0 unspecified atom stereocenters. The minimum atomic E-state index is -0.231. The van der Waals surface area contributed by atoms with Crippen molar-refractivity contribution in [2.24, 2.45) is 11.8 Å². The Morgan fingerprint density at radius 2 is 2.06 bits per heavy atom. The lowest BCUT2D eigenvalue weighted by Crippen LogP contribution is -2.44. The van der Waals surface area contributed by atoms with E-state index in [0.717, 1.165) is 6.54 Å². The SMILES string of the molecule is CC(C)CN1C[C@@H](C(=O)NC(C)(C)C)CC1=O. The number of rotatable bonds is 3. The summed E-state index contributed by atoms with van der Waals surface area (Å²) < 4.78 is 0. The predicted molar refractivity (Wildman–Crippen MR) is 67.4 cm³/mol. The highest BCUT2D eigenvalue weighted by atomic mass is 16.2. The van der Waals surface area contributed by atoms with Crippen LogP contribution in [0.3, 0.4) is 0 Å². The first kappa shape index (κ1) is 14.0. The van der Waals surface area contributed by atoms with Crippen molar-refractivity contribution in [1.29, 1.82) is 0 Å². The van der Waals surface area contributed by atoms with Gasteiger partial charge in [-0.2, -0.15) is 0 Å². The molecule has 98 valence electrons.